The van der Waals surface area contributed by atoms with E-state index in [0.717, 1.165) is 19.3 Å². The van der Waals surface area contributed by atoms with Crippen molar-refractivity contribution in [3.63, 3.8) is 0 Å². The van der Waals surface area contributed by atoms with Gasteiger partial charge in [-0.3, -0.25) is 0 Å². The fourth-order valence-corrected chi connectivity index (χ4v) is 5.88. The lowest BCUT2D eigenvalue weighted by Crippen LogP contribution is -2.76. The first-order chi connectivity index (χ1) is 12.3. The first-order valence-electron chi connectivity index (χ1n) is 8.75. The van der Waals surface area contributed by atoms with Gasteiger partial charge in [-0.25, -0.2) is 17.9 Å². The molecule has 3 saturated carbocycles. The summed E-state index contributed by atoms with van der Waals surface area (Å²) in [5, 5.41) is 0.0107. The van der Waals surface area contributed by atoms with Gasteiger partial charge in [0.05, 0.1) is 12.2 Å². The minimum absolute atomic E-state index is 0.0107. The Bertz CT molecular complexity index is 943. The number of hydrogen-bond acceptors (Lipinski definition) is 4. The second kappa shape index (κ2) is 5.69. The molecule has 2 N–H and O–H groups in total. The molecule has 0 radical (unpaired) electrons. The SMILES string of the molecule is CCOC(=O)c1cc(S(=O)(=O)NC23CC(c4ccccc4)(C2)C3)[nH]c1C. The summed E-state index contributed by atoms with van der Waals surface area (Å²) in [6.45, 7) is 3.62. The van der Waals surface area contributed by atoms with E-state index in [9.17, 15) is 13.2 Å². The number of rotatable bonds is 6. The Balaban J connectivity index is 1.49. The molecule has 0 spiro atoms. The van der Waals surface area contributed by atoms with Crippen LogP contribution in [0.2, 0.25) is 0 Å². The van der Waals surface area contributed by atoms with E-state index in [-0.39, 0.29) is 28.2 Å². The topological polar surface area (TPSA) is 88.3 Å². The minimum Gasteiger partial charge on any atom is -0.462 e. The molecule has 5 rings (SSSR count). The van der Waals surface area contributed by atoms with Gasteiger partial charge in [-0.1, -0.05) is 30.3 Å². The van der Waals surface area contributed by atoms with Crippen molar-refractivity contribution >= 4 is 16.0 Å². The Kier molecular flexibility index (Phi) is 3.79. The first kappa shape index (κ1) is 17.3. The molecule has 0 amide bonds. The molecule has 138 valence electrons. The predicted molar refractivity (Wildman–Crippen MR) is 96.5 cm³/mol. The van der Waals surface area contributed by atoms with Gasteiger partial charge in [0.25, 0.3) is 10.0 Å². The lowest BCUT2D eigenvalue weighted by Gasteiger charge is -2.70. The van der Waals surface area contributed by atoms with Crippen LogP contribution < -0.4 is 4.72 Å². The van der Waals surface area contributed by atoms with E-state index in [1.165, 1.54) is 11.6 Å². The van der Waals surface area contributed by atoms with E-state index < -0.39 is 16.0 Å². The van der Waals surface area contributed by atoms with E-state index >= 15 is 0 Å². The number of aromatic amines is 1. The molecule has 1 aromatic heterocycles. The van der Waals surface area contributed by atoms with Crippen molar-refractivity contribution < 1.29 is 17.9 Å². The maximum atomic E-state index is 12.8. The lowest BCUT2D eigenvalue weighted by molar-refractivity contribution is -0.0719. The summed E-state index contributed by atoms with van der Waals surface area (Å²) in [6.07, 6.45) is 2.44. The summed E-state index contributed by atoms with van der Waals surface area (Å²) in [5.74, 6) is -0.517. The van der Waals surface area contributed by atoms with Gasteiger partial charge in [-0.15, -0.1) is 0 Å². The molecule has 0 saturated heterocycles. The highest BCUT2D eigenvalue weighted by molar-refractivity contribution is 7.89. The van der Waals surface area contributed by atoms with Gasteiger partial charge in [-0.2, -0.15) is 0 Å². The van der Waals surface area contributed by atoms with Gasteiger partial charge < -0.3 is 9.72 Å². The third-order valence-corrected chi connectivity index (χ3v) is 7.04. The van der Waals surface area contributed by atoms with Crippen LogP contribution in [-0.4, -0.2) is 31.5 Å². The summed E-state index contributed by atoms with van der Waals surface area (Å²) in [4.78, 5) is 14.7. The number of ether oxygens (including phenoxy) is 1. The molecule has 2 aromatic rings. The highest BCUT2D eigenvalue weighted by atomic mass is 32.2. The third-order valence-electron chi connectivity index (χ3n) is 5.54. The normalized spacial score (nSPS) is 26.7. The van der Waals surface area contributed by atoms with Crippen molar-refractivity contribution in [1.29, 1.82) is 0 Å². The van der Waals surface area contributed by atoms with E-state index in [1.54, 1.807) is 13.8 Å². The van der Waals surface area contributed by atoms with Gasteiger partial charge in [0.1, 0.15) is 5.03 Å². The maximum absolute atomic E-state index is 12.8. The van der Waals surface area contributed by atoms with Crippen molar-refractivity contribution in [2.75, 3.05) is 6.61 Å². The zero-order valence-electron chi connectivity index (χ0n) is 14.8. The number of carbonyl (C=O) groups is 1. The first-order valence-corrected chi connectivity index (χ1v) is 10.2. The highest BCUT2D eigenvalue weighted by Gasteiger charge is 2.69. The van der Waals surface area contributed by atoms with Crippen molar-refractivity contribution in [2.45, 2.75) is 49.1 Å². The Labute approximate surface area is 153 Å². The van der Waals surface area contributed by atoms with Crippen molar-refractivity contribution in [3.05, 3.63) is 53.2 Å². The van der Waals surface area contributed by atoms with Crippen molar-refractivity contribution in [1.82, 2.24) is 9.71 Å². The fourth-order valence-electron chi connectivity index (χ4n) is 4.43. The lowest BCUT2D eigenvalue weighted by atomic mass is 9.38. The monoisotopic (exact) mass is 374 g/mol. The van der Waals surface area contributed by atoms with Crippen molar-refractivity contribution in [3.8, 4) is 0 Å². The summed E-state index contributed by atoms with van der Waals surface area (Å²) in [6, 6.07) is 11.6. The number of benzene rings is 1. The van der Waals surface area contributed by atoms with Crippen LogP contribution in [0.4, 0.5) is 0 Å². The number of H-pyrrole nitrogens is 1. The molecule has 26 heavy (non-hydrogen) atoms. The number of carbonyl (C=O) groups excluding carboxylic acids is 1. The van der Waals surface area contributed by atoms with Crippen molar-refractivity contribution in [2.24, 2.45) is 0 Å². The molecular weight excluding hydrogens is 352 g/mol. The predicted octanol–water partition coefficient (Wildman–Crippen LogP) is 2.65. The smallest absolute Gasteiger partial charge is 0.339 e. The van der Waals surface area contributed by atoms with E-state index in [1.807, 2.05) is 18.2 Å². The summed E-state index contributed by atoms with van der Waals surface area (Å²) in [7, 11) is -3.71. The maximum Gasteiger partial charge on any atom is 0.339 e. The molecule has 0 atom stereocenters. The second-order valence-electron chi connectivity index (χ2n) is 7.46. The zero-order chi connectivity index (χ0) is 18.6. The van der Waals surface area contributed by atoms with Crippen LogP contribution in [0.25, 0.3) is 0 Å². The molecule has 3 aliphatic carbocycles. The zero-order valence-corrected chi connectivity index (χ0v) is 15.7. The minimum atomic E-state index is -3.71. The largest absolute Gasteiger partial charge is 0.462 e. The molecule has 1 aromatic carbocycles. The molecule has 3 fully saturated rings. The molecule has 7 heteroatoms. The number of nitrogens with one attached hydrogen (secondary N) is 2. The van der Waals surface area contributed by atoms with Gasteiger partial charge in [0.15, 0.2) is 0 Å². The van der Waals surface area contributed by atoms with Crippen LogP contribution in [0.1, 0.15) is 47.8 Å². The van der Waals surface area contributed by atoms with Gasteiger partial charge >= 0.3 is 5.97 Å². The average Bonchev–Trinajstić information content (AvgIpc) is 2.93. The van der Waals surface area contributed by atoms with Crippen LogP contribution in [0.3, 0.4) is 0 Å². The van der Waals surface area contributed by atoms with Gasteiger partial charge in [-0.05, 0) is 44.7 Å². The number of hydrogen-bond donors (Lipinski definition) is 2. The van der Waals surface area contributed by atoms with Crippen LogP contribution in [-0.2, 0) is 20.2 Å². The molecule has 6 nitrogen and oxygen atoms in total. The Morgan fingerprint density at radius 3 is 2.50 bits per heavy atom. The van der Waals surface area contributed by atoms with Crippen LogP contribution >= 0.6 is 0 Å². The number of esters is 1. The highest BCUT2D eigenvalue weighted by Crippen LogP contribution is 2.68. The molecule has 1 heterocycles. The van der Waals surface area contributed by atoms with E-state index in [2.05, 4.69) is 21.8 Å². The second-order valence-corrected chi connectivity index (χ2v) is 9.11. The molecular formula is C19H22N2O4S. The fraction of sp³-hybridized carbons (Fsp3) is 0.421. The number of aryl methyl sites for hydroxylation is 1. The molecule has 0 unspecified atom stereocenters. The summed E-state index contributed by atoms with van der Waals surface area (Å²) in [5.41, 5.74) is 1.78. The van der Waals surface area contributed by atoms with Gasteiger partial charge in [0, 0.05) is 16.6 Å². The Hall–Kier alpha value is -2.12. The molecule has 0 aliphatic heterocycles. The average molecular weight is 374 g/mol. The third kappa shape index (κ3) is 2.57. The standard InChI is InChI=1S/C19H22N2O4S/c1-3-25-17(22)15-9-16(20-13(15)2)26(23,24)21-19-10-18(11-19,12-19)14-7-5-4-6-8-14/h4-9,20-21H,3,10-12H2,1-2H3. The Morgan fingerprint density at radius 2 is 1.88 bits per heavy atom. The van der Waals surface area contributed by atoms with Crippen LogP contribution in [0.5, 0.6) is 0 Å². The summed E-state index contributed by atoms with van der Waals surface area (Å²) < 4.78 is 33.3. The number of sulfonamides is 1. The molecule has 2 bridgehead atoms. The Morgan fingerprint density at radius 1 is 1.23 bits per heavy atom. The van der Waals surface area contributed by atoms with Crippen LogP contribution in [0.15, 0.2) is 41.4 Å². The molecule has 3 aliphatic rings. The van der Waals surface area contributed by atoms with Gasteiger partial charge in [0.2, 0.25) is 0 Å². The van der Waals surface area contributed by atoms with Crippen LogP contribution in [0, 0.1) is 6.92 Å². The van der Waals surface area contributed by atoms with E-state index in [4.69, 9.17) is 4.74 Å². The summed E-state index contributed by atoms with van der Waals surface area (Å²) >= 11 is 0. The van der Waals surface area contributed by atoms with E-state index in [0.29, 0.717) is 5.69 Å². The quantitative estimate of drug-likeness (QED) is 0.761. The number of aromatic nitrogens is 1.